The highest BCUT2D eigenvalue weighted by Crippen LogP contribution is 2.54. The molecule has 6 N–H and O–H groups in total. The van der Waals surface area contributed by atoms with Gasteiger partial charge in [0.15, 0.2) is 0 Å². The number of aromatic hydroxyl groups is 1. The average Bonchev–Trinajstić information content (AvgIpc) is 3.28. The number of aliphatic hydroxyl groups excluding tert-OH is 3. The van der Waals surface area contributed by atoms with Crippen LogP contribution in [0.15, 0.2) is 60.2 Å². The van der Waals surface area contributed by atoms with E-state index < -0.39 is 53.6 Å². The van der Waals surface area contributed by atoms with Gasteiger partial charge in [0.25, 0.3) is 0 Å². The van der Waals surface area contributed by atoms with Gasteiger partial charge in [0.05, 0.1) is 31.2 Å². The standard InChI is InChI=1S/C54H65NO10/c1-4-6-7-11-42-39(30-56)22-36(25-47(42)55-29-31(3)57)34-12-13-35-27-52(61)64-50-28-49(60)37(24-44(35)50)26-51-54(63)40(5-2)14-15-43-45(48(59)17-16-46(43)54)20-33-10-8-9-32(18-33)19-41(58)23-38(21-34)53(62)65-51/h8-10,18,22-25,28,31,34-35,40-41,43,45-46,51,55-58,60,63H,4-7,11,14-17,19-21,26-27,29-30H2,1-3H3. The Bertz CT molecular complexity index is 2380. The number of benzene rings is 3. The number of carbonyl (C=O) groups excluding carboxylic acids is 3. The fourth-order valence-electron chi connectivity index (χ4n) is 11.8. The van der Waals surface area contributed by atoms with Crippen molar-refractivity contribution in [1.82, 2.24) is 0 Å². The van der Waals surface area contributed by atoms with Crippen LogP contribution in [0.3, 0.4) is 0 Å². The maximum absolute atomic E-state index is 15.2. The first-order valence-corrected chi connectivity index (χ1v) is 24.0. The van der Waals surface area contributed by atoms with Gasteiger partial charge >= 0.3 is 11.9 Å². The first-order valence-electron chi connectivity index (χ1n) is 24.0. The van der Waals surface area contributed by atoms with Gasteiger partial charge < -0.3 is 40.3 Å². The zero-order chi connectivity index (χ0) is 46.0. The molecule has 0 aromatic heterocycles. The highest BCUT2D eigenvalue weighted by Gasteiger charge is 2.59. The molecule has 3 aromatic rings. The molecule has 8 rings (SSSR count). The van der Waals surface area contributed by atoms with E-state index in [9.17, 15) is 35.1 Å². The fourth-order valence-corrected chi connectivity index (χ4v) is 11.8. The third-order valence-electron chi connectivity index (χ3n) is 15.0. The van der Waals surface area contributed by atoms with Crippen molar-refractivity contribution >= 4 is 23.4 Å². The van der Waals surface area contributed by atoms with Crippen molar-refractivity contribution in [2.45, 2.75) is 153 Å². The Balaban J connectivity index is 1.34. The molecule has 3 aromatic carbocycles. The number of phenols is 1. The molecule has 0 amide bonds. The van der Waals surface area contributed by atoms with Gasteiger partial charge in [0.2, 0.25) is 0 Å². The predicted molar refractivity (Wildman–Crippen MR) is 246 cm³/mol. The summed E-state index contributed by atoms with van der Waals surface area (Å²) in [5.41, 5.74) is 4.38. The van der Waals surface area contributed by atoms with E-state index in [-0.39, 0.29) is 85.9 Å². The molecule has 346 valence electrons. The molecule has 0 radical (unpaired) electrons. The zero-order valence-electron chi connectivity index (χ0n) is 38.0. The minimum atomic E-state index is -1.60. The highest BCUT2D eigenvalue weighted by molar-refractivity contribution is 5.89. The third kappa shape index (κ3) is 9.78. The summed E-state index contributed by atoms with van der Waals surface area (Å²) in [6, 6.07) is 14.9. The first kappa shape index (κ1) is 46.5. The zero-order valence-corrected chi connectivity index (χ0v) is 38.0. The number of unbranched alkanes of at least 4 members (excludes halogenated alkanes) is 2. The molecular formula is C54H65NO10. The number of carbonyl (C=O) groups is 3. The number of rotatable bonds is 10. The van der Waals surface area contributed by atoms with E-state index in [4.69, 9.17) is 9.47 Å². The SMILES string of the molecule is CCCCCc1c(CO)cc(C2C#CC3CC(=O)Oc4cc(O)c(cc43)CC3OC(=O)C(=CC(O)Cc4cccc(c4)CC4C(=O)CCC5C4CCC(CC)C35O)C2)cc1NCC(C)O. The van der Waals surface area contributed by atoms with Gasteiger partial charge in [-0.1, -0.05) is 75.3 Å². The van der Waals surface area contributed by atoms with Gasteiger partial charge in [-0.2, -0.15) is 0 Å². The molecule has 2 fully saturated rings. The topological polar surface area (TPSA) is 183 Å². The molecule has 11 nitrogen and oxygen atoms in total. The van der Waals surface area contributed by atoms with Crippen LogP contribution in [0.1, 0.15) is 136 Å². The van der Waals surface area contributed by atoms with Gasteiger partial charge in [-0.15, -0.1) is 0 Å². The van der Waals surface area contributed by atoms with E-state index in [0.29, 0.717) is 54.4 Å². The van der Waals surface area contributed by atoms with E-state index in [0.717, 1.165) is 48.1 Å². The van der Waals surface area contributed by atoms with Crippen LogP contribution in [0.5, 0.6) is 11.5 Å². The Morgan fingerprint density at radius 3 is 2.46 bits per heavy atom. The van der Waals surface area contributed by atoms with Crippen LogP contribution in [0.4, 0.5) is 5.69 Å². The third-order valence-corrected chi connectivity index (χ3v) is 15.0. The Kier molecular flexibility index (Phi) is 14.2. The van der Waals surface area contributed by atoms with Crippen molar-refractivity contribution < 1.29 is 49.4 Å². The number of anilines is 1. The van der Waals surface area contributed by atoms with Crippen molar-refractivity contribution in [3.05, 3.63) is 99.1 Å². The monoisotopic (exact) mass is 887 g/mol. The number of phenolic OH excluding ortho intramolecular Hbond substituents is 1. The lowest BCUT2D eigenvalue weighted by Gasteiger charge is -2.56. The maximum atomic E-state index is 15.2. The number of hydrogen-bond donors (Lipinski definition) is 6. The second kappa shape index (κ2) is 19.9. The average molecular weight is 888 g/mol. The van der Waals surface area contributed by atoms with Crippen molar-refractivity contribution in [2.24, 2.45) is 23.7 Å². The number of hydrogen-bond acceptors (Lipinski definition) is 11. The molecule has 2 aliphatic carbocycles. The number of Topliss-reactive ketones (excluding diaryl/α,β-unsaturated/α-hetero) is 1. The maximum Gasteiger partial charge on any atom is 0.334 e. The molecule has 10 unspecified atom stereocenters. The lowest BCUT2D eigenvalue weighted by molar-refractivity contribution is -0.212. The Hall–Kier alpha value is -4.99. The van der Waals surface area contributed by atoms with Crippen molar-refractivity contribution in [1.29, 1.82) is 0 Å². The largest absolute Gasteiger partial charge is 0.508 e. The van der Waals surface area contributed by atoms with Gasteiger partial charge in [-0.25, -0.2) is 4.79 Å². The van der Waals surface area contributed by atoms with Gasteiger partial charge in [0, 0.05) is 60.5 Å². The number of nitrogens with one attached hydrogen (secondary N) is 1. The summed E-state index contributed by atoms with van der Waals surface area (Å²) < 4.78 is 12.4. The normalized spacial score (nSPS) is 29.2. The fraction of sp³-hybridized carbons (Fsp3) is 0.537. The van der Waals surface area contributed by atoms with E-state index in [2.05, 4.69) is 24.1 Å². The molecule has 0 spiro atoms. The van der Waals surface area contributed by atoms with Crippen LogP contribution >= 0.6 is 0 Å². The van der Waals surface area contributed by atoms with Gasteiger partial charge in [0.1, 0.15) is 29.0 Å². The molecule has 10 bridgehead atoms. The first-order chi connectivity index (χ1) is 31.3. The van der Waals surface area contributed by atoms with Crippen LogP contribution in [-0.4, -0.2) is 73.7 Å². The van der Waals surface area contributed by atoms with Gasteiger partial charge in [-0.3, -0.25) is 9.59 Å². The van der Waals surface area contributed by atoms with E-state index in [1.807, 2.05) is 43.3 Å². The molecule has 3 heterocycles. The summed E-state index contributed by atoms with van der Waals surface area (Å²) in [6.45, 7) is 5.84. The van der Waals surface area contributed by atoms with E-state index in [1.165, 1.54) is 12.1 Å². The molecule has 10 atom stereocenters. The van der Waals surface area contributed by atoms with E-state index in [1.54, 1.807) is 13.0 Å². The summed E-state index contributed by atoms with van der Waals surface area (Å²) >= 11 is 0. The van der Waals surface area contributed by atoms with Crippen LogP contribution < -0.4 is 10.1 Å². The van der Waals surface area contributed by atoms with Crippen molar-refractivity contribution in [2.75, 3.05) is 11.9 Å². The van der Waals surface area contributed by atoms with Crippen LogP contribution in [-0.2, 0) is 51.4 Å². The van der Waals surface area contributed by atoms with E-state index >= 15 is 4.79 Å². The Labute approximate surface area is 382 Å². The van der Waals surface area contributed by atoms with Crippen LogP contribution in [0.2, 0.25) is 0 Å². The molecule has 0 saturated heterocycles. The number of aliphatic hydroxyl groups is 4. The summed E-state index contributed by atoms with van der Waals surface area (Å²) in [5, 5.41) is 61.8. The number of ether oxygens (including phenoxy) is 2. The summed E-state index contributed by atoms with van der Waals surface area (Å²) in [5.74, 6) is 3.12. The molecule has 5 aliphatic rings. The van der Waals surface area contributed by atoms with Crippen LogP contribution in [0.25, 0.3) is 0 Å². The minimum Gasteiger partial charge on any atom is -0.508 e. The second-order valence-electron chi connectivity index (χ2n) is 19.4. The molecule has 2 saturated carbocycles. The summed E-state index contributed by atoms with van der Waals surface area (Å²) in [4.78, 5) is 42.3. The highest BCUT2D eigenvalue weighted by atomic mass is 16.6. The van der Waals surface area contributed by atoms with Gasteiger partial charge in [-0.05, 0) is 121 Å². The molecule has 65 heavy (non-hydrogen) atoms. The summed E-state index contributed by atoms with van der Waals surface area (Å²) in [6.07, 6.45) is 5.34. The Morgan fingerprint density at radius 2 is 1.71 bits per heavy atom. The predicted octanol–water partition coefficient (Wildman–Crippen LogP) is 7.30. The molecule has 11 heteroatoms. The number of esters is 2. The summed E-state index contributed by atoms with van der Waals surface area (Å²) in [7, 11) is 0. The number of ketones is 1. The Morgan fingerprint density at radius 1 is 0.923 bits per heavy atom. The smallest absolute Gasteiger partial charge is 0.334 e. The van der Waals surface area contributed by atoms with Crippen molar-refractivity contribution in [3.63, 3.8) is 0 Å². The second-order valence-corrected chi connectivity index (χ2v) is 19.4. The van der Waals surface area contributed by atoms with Crippen molar-refractivity contribution in [3.8, 4) is 23.3 Å². The molecular weight excluding hydrogens is 823 g/mol. The minimum absolute atomic E-state index is 0.0311. The quantitative estimate of drug-likeness (QED) is 0.0520. The lowest BCUT2D eigenvalue weighted by atomic mass is 9.53. The lowest BCUT2D eigenvalue weighted by Crippen LogP contribution is -2.63. The molecule has 3 aliphatic heterocycles. The van der Waals surface area contributed by atoms with Crippen LogP contribution in [0, 0.1) is 35.5 Å². The number of fused-ring (bicyclic) bond motifs is 7.